The van der Waals surface area contributed by atoms with E-state index < -0.39 is 0 Å². The molecule has 1 atom stereocenters. The van der Waals surface area contributed by atoms with Crippen LogP contribution in [0.3, 0.4) is 0 Å². The Morgan fingerprint density at radius 3 is 1.82 bits per heavy atom. The van der Waals surface area contributed by atoms with Gasteiger partial charge in [-0.2, -0.15) is 0 Å². The lowest BCUT2D eigenvalue weighted by Gasteiger charge is -2.33. The van der Waals surface area contributed by atoms with Crippen molar-refractivity contribution in [2.75, 3.05) is 0 Å². The lowest BCUT2D eigenvalue weighted by Crippen LogP contribution is -2.25. The summed E-state index contributed by atoms with van der Waals surface area (Å²) in [5.74, 6) is 0.132. The van der Waals surface area contributed by atoms with E-state index in [-0.39, 0.29) is 27.9 Å². The number of hydrogen-bond donors (Lipinski definition) is 0. The van der Waals surface area contributed by atoms with Crippen molar-refractivity contribution >= 4 is 5.78 Å². The second-order valence-electron chi connectivity index (χ2n) is 12.1. The second kappa shape index (κ2) is 10.2. The monoisotopic (exact) mass is 460 g/mol. The van der Waals surface area contributed by atoms with Crippen molar-refractivity contribution in [3.63, 3.8) is 0 Å². The largest absolute Gasteiger partial charge is 0.289 e. The molecule has 0 radical (unpaired) electrons. The average molecular weight is 461 g/mol. The summed E-state index contributed by atoms with van der Waals surface area (Å²) in [6.07, 6.45) is 4.59. The van der Waals surface area contributed by atoms with Crippen LogP contribution in [0, 0.1) is 6.92 Å². The van der Waals surface area contributed by atoms with Crippen molar-refractivity contribution in [2.45, 2.75) is 118 Å². The van der Waals surface area contributed by atoms with Gasteiger partial charge >= 0.3 is 0 Å². The molecule has 0 spiro atoms. The molecule has 186 valence electrons. The molecule has 0 bridgehead atoms. The third kappa shape index (κ3) is 5.40. The Morgan fingerprint density at radius 2 is 1.32 bits per heavy atom. The van der Waals surface area contributed by atoms with Gasteiger partial charge in [0.15, 0.2) is 5.78 Å². The van der Waals surface area contributed by atoms with Gasteiger partial charge in [0.1, 0.15) is 0 Å². The lowest BCUT2D eigenvalue weighted by molar-refractivity contribution is 0.104. The van der Waals surface area contributed by atoms with E-state index in [4.69, 9.17) is 0 Å². The molecule has 0 amide bonds. The number of hydrogen-bond acceptors (Lipinski definition) is 1. The van der Waals surface area contributed by atoms with Crippen molar-refractivity contribution < 1.29 is 4.79 Å². The molecule has 1 heteroatoms. The molecule has 1 nitrogen and oxygen atoms in total. The molecule has 0 N–H and O–H groups in total. The van der Waals surface area contributed by atoms with Gasteiger partial charge in [0.05, 0.1) is 0 Å². The molecule has 2 aromatic rings. The third-order valence-electron chi connectivity index (χ3n) is 8.76. The van der Waals surface area contributed by atoms with Crippen molar-refractivity contribution in [3.05, 3.63) is 81.9 Å². The highest BCUT2D eigenvalue weighted by Crippen LogP contribution is 2.42. The maximum atomic E-state index is 13.4. The number of rotatable bonds is 10. The molecule has 0 fully saturated rings. The highest BCUT2D eigenvalue weighted by Gasteiger charge is 2.32. The summed E-state index contributed by atoms with van der Waals surface area (Å²) in [6.45, 7) is 28.8. The minimum atomic E-state index is -0.108. The van der Waals surface area contributed by atoms with E-state index in [2.05, 4.69) is 113 Å². The van der Waals surface area contributed by atoms with Gasteiger partial charge < -0.3 is 0 Å². The Balaban J connectivity index is 2.96. The Labute approximate surface area is 210 Å². The molecule has 2 rings (SSSR count). The minimum absolute atomic E-state index is 0.0296. The number of aryl methyl sites for hydroxylation is 1. The van der Waals surface area contributed by atoms with E-state index >= 15 is 0 Å². The number of carbonyl (C=O) groups excluding carboxylic acids is 1. The molecule has 0 saturated heterocycles. The van der Waals surface area contributed by atoms with Crippen LogP contribution in [0.4, 0.5) is 0 Å². The summed E-state index contributed by atoms with van der Waals surface area (Å²) in [5.41, 5.74) is 8.44. The van der Waals surface area contributed by atoms with Crippen LogP contribution in [0.15, 0.2) is 43.0 Å². The van der Waals surface area contributed by atoms with Gasteiger partial charge in [0.25, 0.3) is 0 Å². The number of ketones is 1. The van der Waals surface area contributed by atoms with E-state index in [9.17, 15) is 4.79 Å². The highest BCUT2D eigenvalue weighted by molar-refractivity contribution is 6.07. The zero-order valence-electron chi connectivity index (χ0n) is 23.8. The van der Waals surface area contributed by atoms with Gasteiger partial charge in [-0.15, -0.1) is 0 Å². The first-order chi connectivity index (χ1) is 15.7. The molecular formula is C33H48O. The third-order valence-corrected chi connectivity index (χ3v) is 8.76. The lowest BCUT2D eigenvalue weighted by atomic mass is 9.70. The Hall–Kier alpha value is -2.15. The molecule has 0 heterocycles. The fraction of sp³-hybridized carbons (Fsp3) is 0.545. The Kier molecular flexibility index (Phi) is 8.45. The number of carbonyl (C=O) groups is 1. The van der Waals surface area contributed by atoms with E-state index in [1.165, 1.54) is 28.3 Å². The van der Waals surface area contributed by atoms with Crippen LogP contribution in [-0.2, 0) is 16.2 Å². The van der Waals surface area contributed by atoms with Gasteiger partial charge in [-0.25, -0.2) is 0 Å². The SMILES string of the molecule is C=CC(=O)c1c(C(C)c2cc(C(C)(C)CC)ccc2C)cc(C(C)(C)CC)cc1C(C)(C)CC. The Morgan fingerprint density at radius 1 is 0.824 bits per heavy atom. The molecular weight excluding hydrogens is 412 g/mol. The molecule has 0 aliphatic carbocycles. The predicted octanol–water partition coefficient (Wildman–Crippen LogP) is 9.58. The van der Waals surface area contributed by atoms with Gasteiger partial charge in [0.2, 0.25) is 0 Å². The quantitative estimate of drug-likeness (QED) is 0.255. The van der Waals surface area contributed by atoms with Crippen LogP contribution >= 0.6 is 0 Å². The summed E-state index contributed by atoms with van der Waals surface area (Å²) >= 11 is 0. The first kappa shape index (κ1) is 28.1. The molecule has 0 aliphatic heterocycles. The van der Waals surface area contributed by atoms with Gasteiger partial charge in [-0.05, 0) is 81.9 Å². The van der Waals surface area contributed by atoms with Gasteiger partial charge in [0, 0.05) is 11.5 Å². The normalized spacial score (nSPS) is 13.6. The first-order valence-electron chi connectivity index (χ1n) is 13.1. The Bertz CT molecular complexity index is 1050. The first-order valence-corrected chi connectivity index (χ1v) is 13.1. The molecule has 1 unspecified atom stereocenters. The van der Waals surface area contributed by atoms with Crippen LogP contribution in [-0.4, -0.2) is 5.78 Å². The fourth-order valence-corrected chi connectivity index (χ4v) is 4.60. The fourth-order valence-electron chi connectivity index (χ4n) is 4.60. The van der Waals surface area contributed by atoms with E-state index in [0.29, 0.717) is 0 Å². The number of allylic oxidation sites excluding steroid dienone is 1. The van der Waals surface area contributed by atoms with Crippen LogP contribution in [0.2, 0.25) is 0 Å². The second-order valence-corrected chi connectivity index (χ2v) is 12.1. The number of benzene rings is 2. The molecule has 0 aliphatic rings. The predicted molar refractivity (Wildman–Crippen MR) is 150 cm³/mol. The average Bonchev–Trinajstić information content (AvgIpc) is 2.82. The zero-order chi connectivity index (χ0) is 26.1. The van der Waals surface area contributed by atoms with Crippen LogP contribution < -0.4 is 0 Å². The van der Waals surface area contributed by atoms with E-state index in [0.717, 1.165) is 36.0 Å². The standard InChI is InChI=1S/C33H48O/c1-13-29(34)30-27(20-25(32(9,10)15-3)21-28(30)33(11,12)16-4)23(6)26-19-24(18-17-22(26)5)31(7,8)14-2/h13,17-21,23H,1,14-16H2,2-12H3. The van der Waals surface area contributed by atoms with E-state index in [1.807, 2.05) is 0 Å². The summed E-state index contributed by atoms with van der Waals surface area (Å²) in [6, 6.07) is 11.5. The molecule has 34 heavy (non-hydrogen) atoms. The summed E-state index contributed by atoms with van der Waals surface area (Å²) in [4.78, 5) is 13.4. The molecule has 2 aromatic carbocycles. The maximum Gasteiger partial charge on any atom is 0.185 e. The maximum absolute atomic E-state index is 13.4. The van der Waals surface area contributed by atoms with Gasteiger partial charge in [-0.1, -0.05) is 106 Å². The highest BCUT2D eigenvalue weighted by atomic mass is 16.1. The molecule has 0 saturated carbocycles. The van der Waals surface area contributed by atoms with Crippen LogP contribution in [0.1, 0.15) is 138 Å². The van der Waals surface area contributed by atoms with Crippen molar-refractivity contribution in [3.8, 4) is 0 Å². The molecule has 0 aromatic heterocycles. The summed E-state index contributed by atoms with van der Waals surface area (Å²) in [7, 11) is 0. The van der Waals surface area contributed by atoms with Crippen molar-refractivity contribution in [1.82, 2.24) is 0 Å². The van der Waals surface area contributed by atoms with Crippen molar-refractivity contribution in [1.29, 1.82) is 0 Å². The summed E-state index contributed by atoms with van der Waals surface area (Å²) < 4.78 is 0. The van der Waals surface area contributed by atoms with Crippen LogP contribution in [0.5, 0.6) is 0 Å². The minimum Gasteiger partial charge on any atom is -0.289 e. The zero-order valence-corrected chi connectivity index (χ0v) is 23.8. The smallest absolute Gasteiger partial charge is 0.185 e. The van der Waals surface area contributed by atoms with Crippen LogP contribution in [0.25, 0.3) is 0 Å². The van der Waals surface area contributed by atoms with Gasteiger partial charge in [-0.3, -0.25) is 4.79 Å². The van der Waals surface area contributed by atoms with Crippen molar-refractivity contribution in [2.24, 2.45) is 0 Å². The van der Waals surface area contributed by atoms with E-state index in [1.54, 1.807) is 0 Å². The topological polar surface area (TPSA) is 17.1 Å². The summed E-state index contributed by atoms with van der Waals surface area (Å²) in [5, 5.41) is 0.